The number of hydrogen-bond acceptors (Lipinski definition) is 3. The molecule has 2 aromatic rings. The van der Waals surface area contributed by atoms with E-state index in [2.05, 4.69) is 13.8 Å². The molecule has 2 atom stereocenters. The van der Waals surface area contributed by atoms with Gasteiger partial charge in [0.2, 0.25) is 5.91 Å². The number of aryl methyl sites for hydroxylation is 2. The molecule has 1 aromatic carbocycles. The van der Waals surface area contributed by atoms with Gasteiger partial charge in [-0.15, -0.1) is 0 Å². The van der Waals surface area contributed by atoms with Crippen molar-refractivity contribution in [1.29, 1.82) is 0 Å². The summed E-state index contributed by atoms with van der Waals surface area (Å²) < 4.78 is 5.94. The van der Waals surface area contributed by atoms with Gasteiger partial charge in [0, 0.05) is 19.4 Å². The summed E-state index contributed by atoms with van der Waals surface area (Å²) >= 11 is 0. The van der Waals surface area contributed by atoms with Gasteiger partial charge in [0.05, 0.1) is 11.6 Å². The third-order valence-corrected chi connectivity index (χ3v) is 5.40. The monoisotopic (exact) mass is 369 g/mol. The number of carboxylic acids is 1. The first-order chi connectivity index (χ1) is 13.0. The van der Waals surface area contributed by atoms with E-state index < -0.39 is 5.97 Å². The number of hydrogen-bond donors (Lipinski definition) is 1. The number of furan rings is 1. The molecule has 144 valence electrons. The van der Waals surface area contributed by atoms with Crippen molar-refractivity contribution in [3.63, 3.8) is 0 Å². The van der Waals surface area contributed by atoms with Crippen molar-refractivity contribution in [1.82, 2.24) is 4.90 Å². The van der Waals surface area contributed by atoms with Gasteiger partial charge in [0.25, 0.3) is 0 Å². The molecule has 1 fully saturated rings. The van der Waals surface area contributed by atoms with Crippen LogP contribution in [0.4, 0.5) is 0 Å². The van der Waals surface area contributed by atoms with Crippen LogP contribution in [0.25, 0.3) is 0 Å². The molecule has 5 heteroatoms. The molecule has 0 spiro atoms. The second kappa shape index (κ2) is 8.42. The lowest BCUT2D eigenvalue weighted by Crippen LogP contribution is -2.40. The fourth-order valence-electron chi connectivity index (χ4n) is 3.81. The molecule has 0 bridgehead atoms. The number of piperidine rings is 1. The number of benzene rings is 1. The molecule has 0 radical (unpaired) electrons. The molecule has 0 aliphatic carbocycles. The van der Waals surface area contributed by atoms with Crippen LogP contribution in [0.15, 0.2) is 40.8 Å². The minimum atomic E-state index is -0.953. The smallest absolute Gasteiger partial charge is 0.335 e. The van der Waals surface area contributed by atoms with E-state index in [-0.39, 0.29) is 17.5 Å². The first-order valence-corrected chi connectivity index (χ1v) is 9.68. The van der Waals surface area contributed by atoms with Crippen LogP contribution >= 0.6 is 0 Å². The predicted molar refractivity (Wildman–Crippen MR) is 103 cm³/mol. The Balaban J connectivity index is 1.73. The summed E-state index contributed by atoms with van der Waals surface area (Å²) in [4.78, 5) is 26.2. The highest BCUT2D eigenvalue weighted by molar-refractivity contribution is 5.89. The van der Waals surface area contributed by atoms with E-state index in [0.717, 1.165) is 30.8 Å². The number of carboxylic acid groups (broad SMARTS) is 1. The maximum absolute atomic E-state index is 13.0. The van der Waals surface area contributed by atoms with Crippen molar-refractivity contribution in [2.45, 2.75) is 52.0 Å². The van der Waals surface area contributed by atoms with E-state index >= 15 is 0 Å². The lowest BCUT2D eigenvalue weighted by Gasteiger charge is -2.37. The van der Waals surface area contributed by atoms with Crippen LogP contribution in [0.1, 0.15) is 66.6 Å². The first kappa shape index (κ1) is 19.2. The molecule has 0 saturated carbocycles. The van der Waals surface area contributed by atoms with E-state index in [1.54, 1.807) is 18.2 Å². The van der Waals surface area contributed by atoms with Gasteiger partial charge in [-0.2, -0.15) is 0 Å². The topological polar surface area (TPSA) is 70.8 Å². The molecule has 1 saturated heterocycles. The van der Waals surface area contributed by atoms with Crippen LogP contribution in [0.2, 0.25) is 0 Å². The van der Waals surface area contributed by atoms with Crippen molar-refractivity contribution in [3.05, 3.63) is 59.0 Å². The highest BCUT2D eigenvalue weighted by Gasteiger charge is 2.32. The van der Waals surface area contributed by atoms with Crippen LogP contribution in [-0.4, -0.2) is 28.4 Å². The first-order valence-electron chi connectivity index (χ1n) is 9.68. The Labute approximate surface area is 160 Å². The lowest BCUT2D eigenvalue weighted by atomic mass is 9.90. The number of amides is 1. The minimum Gasteiger partial charge on any atom is -0.478 e. The maximum atomic E-state index is 13.0. The number of carbonyl (C=O) groups is 2. The zero-order valence-electron chi connectivity index (χ0n) is 16.0. The molecule has 1 N–H and O–H groups in total. The van der Waals surface area contributed by atoms with Gasteiger partial charge in [0.15, 0.2) is 0 Å². The van der Waals surface area contributed by atoms with E-state index in [9.17, 15) is 14.7 Å². The molecule has 3 rings (SSSR count). The summed E-state index contributed by atoms with van der Waals surface area (Å²) in [6, 6.07) is 10.8. The minimum absolute atomic E-state index is 0.0312. The third kappa shape index (κ3) is 4.41. The van der Waals surface area contributed by atoms with E-state index in [1.807, 2.05) is 23.1 Å². The third-order valence-electron chi connectivity index (χ3n) is 5.40. The number of aromatic carboxylic acids is 1. The highest BCUT2D eigenvalue weighted by Crippen LogP contribution is 2.35. The van der Waals surface area contributed by atoms with Crippen LogP contribution < -0.4 is 0 Å². The quantitative estimate of drug-likeness (QED) is 0.815. The average Bonchev–Trinajstić information content (AvgIpc) is 3.15. The van der Waals surface area contributed by atoms with Gasteiger partial charge in [-0.3, -0.25) is 4.79 Å². The summed E-state index contributed by atoms with van der Waals surface area (Å²) in [5.74, 6) is 1.44. The van der Waals surface area contributed by atoms with Crippen molar-refractivity contribution in [2.75, 3.05) is 6.54 Å². The Bertz CT molecular complexity index is 810. The number of nitrogens with zero attached hydrogens (tertiary/aromatic N) is 1. The summed E-state index contributed by atoms with van der Waals surface area (Å²) in [6.07, 6.45) is 3.45. The summed E-state index contributed by atoms with van der Waals surface area (Å²) in [5.41, 5.74) is 0.972. The number of rotatable bonds is 6. The molecule has 27 heavy (non-hydrogen) atoms. The fourth-order valence-corrected chi connectivity index (χ4v) is 3.81. The van der Waals surface area contributed by atoms with Gasteiger partial charge in [0.1, 0.15) is 11.5 Å². The Morgan fingerprint density at radius 1 is 1.22 bits per heavy atom. The highest BCUT2D eigenvalue weighted by atomic mass is 16.4. The van der Waals surface area contributed by atoms with Crippen LogP contribution in [0, 0.1) is 5.92 Å². The second-order valence-electron chi connectivity index (χ2n) is 7.35. The van der Waals surface area contributed by atoms with E-state index in [4.69, 9.17) is 4.42 Å². The SMILES string of the molecule is CCc1ccc(C2CC(C)CCN2C(=O)CCc2ccccc2C(=O)O)o1. The number of likely N-dealkylation sites (tertiary alicyclic amines) is 1. The predicted octanol–water partition coefficient (Wildman–Crippen LogP) is 4.47. The Kier molecular flexibility index (Phi) is 5.99. The lowest BCUT2D eigenvalue weighted by molar-refractivity contribution is -0.136. The van der Waals surface area contributed by atoms with Gasteiger partial charge in [-0.05, 0) is 48.9 Å². The molecule has 1 amide bonds. The normalized spacial score (nSPS) is 19.9. The fraction of sp³-hybridized carbons (Fsp3) is 0.455. The molecule has 1 aromatic heterocycles. The van der Waals surface area contributed by atoms with Gasteiger partial charge < -0.3 is 14.4 Å². The van der Waals surface area contributed by atoms with Crippen LogP contribution in [0.3, 0.4) is 0 Å². The van der Waals surface area contributed by atoms with Crippen molar-refractivity contribution in [2.24, 2.45) is 5.92 Å². The molecule has 5 nitrogen and oxygen atoms in total. The summed E-state index contributed by atoms with van der Waals surface area (Å²) in [5, 5.41) is 9.32. The van der Waals surface area contributed by atoms with Gasteiger partial charge in [-0.25, -0.2) is 4.79 Å². The average molecular weight is 369 g/mol. The molecule has 1 aliphatic heterocycles. The van der Waals surface area contributed by atoms with E-state index in [0.29, 0.717) is 30.9 Å². The molecule has 1 aliphatic rings. The summed E-state index contributed by atoms with van der Waals surface area (Å²) in [6.45, 7) is 4.98. The second-order valence-corrected chi connectivity index (χ2v) is 7.35. The van der Waals surface area contributed by atoms with Crippen LogP contribution in [-0.2, 0) is 17.6 Å². The standard InChI is InChI=1S/C22H27NO4/c1-3-17-9-10-20(27-17)19-14-15(2)12-13-23(19)21(24)11-8-16-6-4-5-7-18(16)22(25)26/h4-7,9-10,15,19H,3,8,11-14H2,1-2H3,(H,25,26). The van der Waals surface area contributed by atoms with Crippen molar-refractivity contribution in [3.8, 4) is 0 Å². The molecular formula is C22H27NO4. The van der Waals surface area contributed by atoms with Crippen molar-refractivity contribution < 1.29 is 19.1 Å². The molecule has 2 unspecified atom stereocenters. The van der Waals surface area contributed by atoms with E-state index in [1.165, 1.54) is 0 Å². The number of carbonyl (C=O) groups excluding carboxylic acids is 1. The van der Waals surface area contributed by atoms with Gasteiger partial charge >= 0.3 is 5.97 Å². The zero-order valence-corrected chi connectivity index (χ0v) is 16.0. The van der Waals surface area contributed by atoms with Crippen LogP contribution in [0.5, 0.6) is 0 Å². The van der Waals surface area contributed by atoms with Crippen molar-refractivity contribution >= 4 is 11.9 Å². The Morgan fingerprint density at radius 3 is 2.70 bits per heavy atom. The van der Waals surface area contributed by atoms with Gasteiger partial charge in [-0.1, -0.05) is 32.0 Å². The summed E-state index contributed by atoms with van der Waals surface area (Å²) in [7, 11) is 0. The zero-order chi connectivity index (χ0) is 19.4. The Morgan fingerprint density at radius 2 is 2.00 bits per heavy atom. The maximum Gasteiger partial charge on any atom is 0.335 e. The Hall–Kier alpha value is -2.56. The molecule has 2 heterocycles. The molecular weight excluding hydrogens is 342 g/mol. The largest absolute Gasteiger partial charge is 0.478 e.